The van der Waals surface area contributed by atoms with Crippen LogP contribution in [-0.4, -0.2) is 42.9 Å². The molecule has 260 valence electrons. The predicted molar refractivity (Wildman–Crippen MR) is 185 cm³/mol. The number of benzene rings is 3. The molecule has 2 aliphatic heterocycles. The van der Waals surface area contributed by atoms with Crippen LogP contribution in [0.5, 0.6) is 11.5 Å². The van der Waals surface area contributed by atoms with Gasteiger partial charge >= 0.3 is 23.9 Å². The van der Waals surface area contributed by atoms with Gasteiger partial charge in [0.2, 0.25) is 0 Å². The van der Waals surface area contributed by atoms with E-state index < -0.39 is 47.5 Å². The van der Waals surface area contributed by atoms with Crippen molar-refractivity contribution in [2.45, 2.75) is 76.0 Å². The molecule has 50 heavy (non-hydrogen) atoms. The van der Waals surface area contributed by atoms with Crippen molar-refractivity contribution < 1.29 is 42.9 Å². The molecule has 9 heteroatoms. The Kier molecular flexibility index (Phi) is 11.5. The van der Waals surface area contributed by atoms with Crippen LogP contribution in [0.2, 0.25) is 0 Å². The van der Waals surface area contributed by atoms with Crippen molar-refractivity contribution in [3.05, 3.63) is 101 Å². The number of allylic oxidation sites excluding steroid dienone is 1. The lowest BCUT2D eigenvalue weighted by Crippen LogP contribution is -2.31. The van der Waals surface area contributed by atoms with E-state index in [0.29, 0.717) is 30.1 Å². The van der Waals surface area contributed by atoms with E-state index in [4.69, 9.17) is 18.9 Å². The molecular formula is C41H42O9. The molecule has 0 radical (unpaired) electrons. The molecule has 0 N–H and O–H groups in total. The Bertz CT molecular complexity index is 1730. The van der Waals surface area contributed by atoms with E-state index in [-0.39, 0.29) is 18.6 Å². The van der Waals surface area contributed by atoms with Crippen LogP contribution >= 0.6 is 0 Å². The van der Waals surface area contributed by atoms with Gasteiger partial charge in [0, 0.05) is 5.56 Å². The van der Waals surface area contributed by atoms with Crippen molar-refractivity contribution in [1.29, 1.82) is 0 Å². The third kappa shape index (κ3) is 8.56. The van der Waals surface area contributed by atoms with Crippen LogP contribution in [0.25, 0.3) is 6.08 Å². The second-order valence-corrected chi connectivity index (χ2v) is 13.2. The minimum absolute atomic E-state index is 0.0198. The summed E-state index contributed by atoms with van der Waals surface area (Å²) in [4.78, 5) is 61.4. The molecule has 3 aliphatic rings. The monoisotopic (exact) mass is 678 g/mol. The fourth-order valence-electron chi connectivity index (χ4n) is 7.14. The normalized spacial score (nSPS) is 21.1. The van der Waals surface area contributed by atoms with E-state index in [0.717, 1.165) is 61.8 Å². The number of rotatable bonds is 17. The van der Waals surface area contributed by atoms with E-state index in [1.165, 1.54) is 6.42 Å². The van der Waals surface area contributed by atoms with Crippen LogP contribution in [0, 0.1) is 11.8 Å². The van der Waals surface area contributed by atoms with Gasteiger partial charge in [0.1, 0.15) is 11.5 Å². The van der Waals surface area contributed by atoms with Gasteiger partial charge in [0.25, 0.3) is 0 Å². The molecule has 4 unspecified atom stereocenters. The second-order valence-electron chi connectivity index (χ2n) is 13.2. The molecule has 6 rings (SSSR count). The number of hydrogen-bond donors (Lipinski definition) is 0. The van der Waals surface area contributed by atoms with Gasteiger partial charge in [-0.2, -0.15) is 0 Å². The zero-order chi connectivity index (χ0) is 34.9. The van der Waals surface area contributed by atoms with Crippen LogP contribution < -0.4 is 9.47 Å². The smallest absolute Gasteiger partial charge is 0.321 e. The summed E-state index contributed by atoms with van der Waals surface area (Å²) in [5, 5.41) is 0. The lowest BCUT2D eigenvalue weighted by molar-refractivity contribution is -0.155. The van der Waals surface area contributed by atoms with Gasteiger partial charge in [-0.15, -0.1) is 0 Å². The molecule has 2 heterocycles. The number of fused-ring (bicyclic) bond motifs is 3. The van der Waals surface area contributed by atoms with Gasteiger partial charge in [-0.25, -0.2) is 0 Å². The molecule has 0 amide bonds. The average Bonchev–Trinajstić information content (AvgIpc) is 3.62. The number of ketones is 1. The first-order valence-electron chi connectivity index (χ1n) is 17.6. The fraction of sp³-hybridized carbons (Fsp3) is 0.390. The molecule has 0 spiro atoms. The summed E-state index contributed by atoms with van der Waals surface area (Å²) in [6.07, 6.45) is 12.3. The first-order chi connectivity index (χ1) is 24.4. The maximum atomic E-state index is 12.6. The van der Waals surface area contributed by atoms with Gasteiger partial charge in [0.05, 0.1) is 37.4 Å². The molecule has 0 saturated carbocycles. The maximum Gasteiger partial charge on any atom is 0.321 e. The summed E-state index contributed by atoms with van der Waals surface area (Å²) in [7, 11) is 0. The van der Waals surface area contributed by atoms with E-state index in [1.54, 1.807) is 24.3 Å². The Hall–Kier alpha value is -5.05. The van der Waals surface area contributed by atoms with Gasteiger partial charge in [-0.3, -0.25) is 24.0 Å². The highest BCUT2D eigenvalue weighted by Gasteiger charge is 2.53. The number of carbonyl (C=O) groups is 5. The Balaban J connectivity index is 0.844. The summed E-state index contributed by atoms with van der Waals surface area (Å²) < 4.78 is 21.7. The summed E-state index contributed by atoms with van der Waals surface area (Å²) in [6, 6.07) is 22.4. The highest BCUT2D eigenvalue weighted by molar-refractivity contribution is 6.06. The average molecular weight is 679 g/mol. The third-order valence-corrected chi connectivity index (χ3v) is 9.79. The molecule has 3 aromatic rings. The lowest BCUT2D eigenvalue weighted by atomic mass is 9.67. The highest BCUT2D eigenvalue weighted by atomic mass is 16.6. The van der Waals surface area contributed by atoms with Gasteiger partial charge < -0.3 is 18.9 Å². The fourth-order valence-corrected chi connectivity index (χ4v) is 7.14. The number of carbonyl (C=O) groups excluding carboxylic acids is 5. The third-order valence-electron chi connectivity index (χ3n) is 9.79. The van der Waals surface area contributed by atoms with Crippen LogP contribution in [-0.2, 0) is 28.7 Å². The standard InChI is InChI=1S/C41H42O9/c42-36(28-12-8-7-9-13-28)21-16-27-14-17-29(18-15-27)47-22-10-5-3-1-2-4-6-11-23-48-30-19-20-31-32(34-26-37(43)49-39(34)44)25-35-38(33(31)24-30)41(46)50-40(35)45/h7-9,12-21,24,32,34-35,38H,1-6,10-11,22-23,25-26H2. The Morgan fingerprint density at radius 2 is 1.26 bits per heavy atom. The topological polar surface area (TPSA) is 122 Å². The number of ether oxygens (including phenoxy) is 4. The number of unbranched alkanes of at least 4 members (excludes halogenated alkanes) is 7. The van der Waals surface area contributed by atoms with Crippen molar-refractivity contribution in [2.24, 2.45) is 11.8 Å². The predicted octanol–water partition coefficient (Wildman–Crippen LogP) is 7.52. The van der Waals surface area contributed by atoms with E-state index >= 15 is 0 Å². The van der Waals surface area contributed by atoms with Crippen molar-refractivity contribution in [1.82, 2.24) is 0 Å². The number of esters is 4. The molecule has 1 aliphatic carbocycles. The molecule has 0 aromatic heterocycles. The first kappa shape index (κ1) is 34.8. The molecule has 9 nitrogen and oxygen atoms in total. The van der Waals surface area contributed by atoms with Crippen LogP contribution in [0.15, 0.2) is 78.9 Å². The zero-order valence-electron chi connectivity index (χ0n) is 28.1. The van der Waals surface area contributed by atoms with Crippen LogP contribution in [0.1, 0.15) is 103 Å². The van der Waals surface area contributed by atoms with E-state index in [1.807, 2.05) is 60.7 Å². The summed E-state index contributed by atoms with van der Waals surface area (Å²) in [6.45, 7) is 1.21. The quantitative estimate of drug-likeness (QED) is 0.0469. The van der Waals surface area contributed by atoms with E-state index in [9.17, 15) is 24.0 Å². The highest BCUT2D eigenvalue weighted by Crippen LogP contribution is 2.51. The van der Waals surface area contributed by atoms with Gasteiger partial charge in [0.15, 0.2) is 5.78 Å². The first-order valence-corrected chi connectivity index (χ1v) is 17.6. The number of cyclic esters (lactones) is 4. The SMILES string of the molecule is O=C1CC(C2CC3C(=O)OC(=O)C3c3cc(OCCCCCCCCCCOc4ccc(C=CC(=O)c5ccccc5)cc4)ccc32)C(=O)O1. The molecule has 3 aromatic carbocycles. The Labute approximate surface area is 291 Å². The molecule has 2 saturated heterocycles. The van der Waals surface area contributed by atoms with Gasteiger partial charge in [-0.05, 0) is 72.2 Å². The Morgan fingerprint density at radius 1 is 0.640 bits per heavy atom. The van der Waals surface area contributed by atoms with Crippen molar-refractivity contribution in [3.63, 3.8) is 0 Å². The molecule has 0 bridgehead atoms. The van der Waals surface area contributed by atoms with Crippen molar-refractivity contribution in [3.8, 4) is 11.5 Å². The summed E-state index contributed by atoms with van der Waals surface area (Å²) in [5.74, 6) is -3.40. The minimum Gasteiger partial charge on any atom is -0.494 e. The summed E-state index contributed by atoms with van der Waals surface area (Å²) in [5.41, 5.74) is 3.02. The maximum absolute atomic E-state index is 12.6. The lowest BCUT2D eigenvalue weighted by Gasteiger charge is -2.33. The zero-order valence-corrected chi connectivity index (χ0v) is 28.1. The molecule has 2 fully saturated rings. The van der Waals surface area contributed by atoms with E-state index in [2.05, 4.69) is 0 Å². The van der Waals surface area contributed by atoms with Crippen LogP contribution in [0.3, 0.4) is 0 Å². The van der Waals surface area contributed by atoms with Crippen molar-refractivity contribution in [2.75, 3.05) is 13.2 Å². The van der Waals surface area contributed by atoms with Crippen molar-refractivity contribution >= 4 is 35.7 Å². The van der Waals surface area contributed by atoms with Crippen LogP contribution in [0.4, 0.5) is 0 Å². The minimum atomic E-state index is -0.726. The largest absolute Gasteiger partial charge is 0.494 e. The molecule has 4 atom stereocenters. The Morgan fingerprint density at radius 3 is 1.92 bits per heavy atom. The summed E-state index contributed by atoms with van der Waals surface area (Å²) >= 11 is 0. The number of hydrogen-bond acceptors (Lipinski definition) is 9. The molecular weight excluding hydrogens is 636 g/mol. The second kappa shape index (κ2) is 16.6. The van der Waals surface area contributed by atoms with Gasteiger partial charge in [-0.1, -0.05) is 93.1 Å².